The summed E-state index contributed by atoms with van der Waals surface area (Å²) in [7, 11) is 0. The van der Waals surface area contributed by atoms with Gasteiger partial charge in [0.05, 0.1) is 0 Å². The molecule has 2 aromatic carbocycles. The predicted molar refractivity (Wildman–Crippen MR) is 114 cm³/mol. The molecule has 0 bridgehead atoms. The number of hydrogen-bond donors (Lipinski definition) is 1. The lowest BCUT2D eigenvalue weighted by Gasteiger charge is -2.32. The van der Waals surface area contributed by atoms with E-state index in [1.54, 1.807) is 11.8 Å². The maximum atomic E-state index is 6.14. The van der Waals surface area contributed by atoms with Crippen molar-refractivity contribution in [2.75, 3.05) is 6.26 Å². The van der Waals surface area contributed by atoms with Gasteiger partial charge in [0, 0.05) is 35.8 Å². The van der Waals surface area contributed by atoms with E-state index in [4.69, 9.17) is 10.5 Å². The van der Waals surface area contributed by atoms with Crippen molar-refractivity contribution >= 4 is 11.8 Å². The van der Waals surface area contributed by atoms with E-state index in [1.807, 2.05) is 12.1 Å². The molecule has 142 valence electrons. The standard InChI is InChI=1S/C23H28N2OS/c1-17-14-25(15-20-9-6-7-11-23(20)27-3)18(2)12-22(17)26-16-21-10-5-4-8-19(21)13-24/h4-12,14,18H,13,15-16,24H2,1-3H3. The lowest BCUT2D eigenvalue weighted by atomic mass is 10.1. The van der Waals surface area contributed by atoms with Gasteiger partial charge in [-0.3, -0.25) is 0 Å². The molecule has 0 aliphatic carbocycles. The normalized spacial score (nSPS) is 16.7. The SMILES string of the molecule is CSc1ccccc1CN1C=C(C)C(OCc2ccccc2CN)=CC1C. The number of benzene rings is 2. The molecule has 1 unspecified atom stereocenters. The minimum Gasteiger partial charge on any atom is -0.489 e. The van der Waals surface area contributed by atoms with Crippen molar-refractivity contribution in [2.45, 2.75) is 44.5 Å². The third kappa shape index (κ3) is 4.76. The number of nitrogens with zero attached hydrogens (tertiary/aromatic N) is 1. The number of nitrogens with two attached hydrogens (primary N) is 1. The van der Waals surface area contributed by atoms with Gasteiger partial charge >= 0.3 is 0 Å². The van der Waals surface area contributed by atoms with Crippen LogP contribution in [0.5, 0.6) is 0 Å². The Bertz CT molecular complexity index is 844. The van der Waals surface area contributed by atoms with Crippen molar-refractivity contribution in [2.24, 2.45) is 5.73 Å². The van der Waals surface area contributed by atoms with Crippen LogP contribution < -0.4 is 5.73 Å². The fourth-order valence-corrected chi connectivity index (χ4v) is 3.92. The molecule has 0 radical (unpaired) electrons. The summed E-state index contributed by atoms with van der Waals surface area (Å²) in [6, 6.07) is 17.1. The Kier molecular flexibility index (Phi) is 6.64. The Morgan fingerprint density at radius 2 is 1.70 bits per heavy atom. The van der Waals surface area contributed by atoms with E-state index in [2.05, 4.69) is 73.7 Å². The summed E-state index contributed by atoms with van der Waals surface area (Å²) in [4.78, 5) is 3.70. The second-order valence-electron chi connectivity index (χ2n) is 6.83. The fourth-order valence-electron chi connectivity index (χ4n) is 3.31. The number of hydrogen-bond acceptors (Lipinski definition) is 4. The van der Waals surface area contributed by atoms with Gasteiger partial charge in [0.15, 0.2) is 0 Å². The molecule has 1 atom stereocenters. The van der Waals surface area contributed by atoms with Gasteiger partial charge in [-0.1, -0.05) is 42.5 Å². The van der Waals surface area contributed by atoms with Gasteiger partial charge in [0.25, 0.3) is 0 Å². The average Bonchev–Trinajstić information content (AvgIpc) is 2.70. The van der Waals surface area contributed by atoms with Gasteiger partial charge in [0.1, 0.15) is 12.4 Å². The molecule has 1 heterocycles. The van der Waals surface area contributed by atoms with Crippen molar-refractivity contribution in [3.05, 3.63) is 88.8 Å². The Balaban J connectivity index is 1.69. The maximum Gasteiger partial charge on any atom is 0.122 e. The van der Waals surface area contributed by atoms with Crippen LogP contribution in [0, 0.1) is 0 Å². The first-order chi connectivity index (χ1) is 13.1. The first-order valence-corrected chi connectivity index (χ1v) is 10.5. The van der Waals surface area contributed by atoms with E-state index in [9.17, 15) is 0 Å². The second kappa shape index (κ2) is 9.16. The highest BCUT2D eigenvalue weighted by molar-refractivity contribution is 7.98. The van der Waals surface area contributed by atoms with Crippen molar-refractivity contribution in [3.8, 4) is 0 Å². The van der Waals surface area contributed by atoms with Crippen LogP contribution in [0.15, 0.2) is 77.0 Å². The molecule has 0 spiro atoms. The van der Waals surface area contributed by atoms with Crippen LogP contribution in [0.3, 0.4) is 0 Å². The molecule has 2 N–H and O–H groups in total. The molecule has 3 rings (SSSR count). The third-order valence-corrected chi connectivity index (χ3v) is 5.77. The third-order valence-electron chi connectivity index (χ3n) is 4.93. The average molecular weight is 381 g/mol. The lowest BCUT2D eigenvalue weighted by Crippen LogP contribution is -2.30. The summed E-state index contributed by atoms with van der Waals surface area (Å²) in [5.41, 5.74) is 10.6. The number of ether oxygens (including phenoxy) is 1. The van der Waals surface area contributed by atoms with Crippen LogP contribution in [0.25, 0.3) is 0 Å². The van der Waals surface area contributed by atoms with Crippen LogP contribution in [0.1, 0.15) is 30.5 Å². The van der Waals surface area contributed by atoms with Crippen LogP contribution in [0.4, 0.5) is 0 Å². The summed E-state index contributed by atoms with van der Waals surface area (Å²) in [6.07, 6.45) is 6.55. The van der Waals surface area contributed by atoms with Crippen molar-refractivity contribution in [3.63, 3.8) is 0 Å². The summed E-state index contributed by atoms with van der Waals surface area (Å²) in [6.45, 7) is 6.30. The van der Waals surface area contributed by atoms with Crippen molar-refractivity contribution in [1.29, 1.82) is 0 Å². The van der Waals surface area contributed by atoms with Crippen LogP contribution in [0.2, 0.25) is 0 Å². The molecule has 0 amide bonds. The zero-order chi connectivity index (χ0) is 19.2. The number of allylic oxidation sites excluding steroid dienone is 1. The van der Waals surface area contributed by atoms with Crippen molar-refractivity contribution in [1.82, 2.24) is 4.90 Å². The molecule has 3 nitrogen and oxygen atoms in total. The molecule has 0 saturated carbocycles. The van der Waals surface area contributed by atoms with Crippen LogP contribution in [-0.2, 0) is 24.4 Å². The van der Waals surface area contributed by atoms with Gasteiger partial charge < -0.3 is 15.4 Å². The van der Waals surface area contributed by atoms with Crippen LogP contribution >= 0.6 is 11.8 Å². The second-order valence-corrected chi connectivity index (χ2v) is 7.68. The molecular weight excluding hydrogens is 352 g/mol. The molecule has 2 aromatic rings. The highest BCUT2D eigenvalue weighted by atomic mass is 32.2. The summed E-state index contributed by atoms with van der Waals surface area (Å²) in [5, 5.41) is 0. The lowest BCUT2D eigenvalue weighted by molar-refractivity contribution is 0.192. The molecule has 1 aliphatic heterocycles. The molecular formula is C23H28N2OS. The van der Waals surface area contributed by atoms with E-state index >= 15 is 0 Å². The molecule has 0 fully saturated rings. The molecule has 0 aromatic heterocycles. The highest BCUT2D eigenvalue weighted by Crippen LogP contribution is 2.27. The van der Waals surface area contributed by atoms with Gasteiger partial charge in [-0.15, -0.1) is 11.8 Å². The smallest absolute Gasteiger partial charge is 0.122 e. The van der Waals surface area contributed by atoms with Gasteiger partial charge in [0.2, 0.25) is 0 Å². The Morgan fingerprint density at radius 3 is 2.41 bits per heavy atom. The number of rotatable bonds is 7. The highest BCUT2D eigenvalue weighted by Gasteiger charge is 2.19. The first-order valence-electron chi connectivity index (χ1n) is 9.30. The predicted octanol–water partition coefficient (Wildman–Crippen LogP) is 5.08. The maximum absolute atomic E-state index is 6.14. The first kappa shape index (κ1) is 19.6. The Labute approximate surface area is 166 Å². The fraction of sp³-hybridized carbons (Fsp3) is 0.304. The minimum atomic E-state index is 0.281. The molecule has 4 heteroatoms. The summed E-state index contributed by atoms with van der Waals surface area (Å²) in [5.74, 6) is 0.962. The summed E-state index contributed by atoms with van der Waals surface area (Å²) < 4.78 is 6.14. The topological polar surface area (TPSA) is 38.5 Å². The van der Waals surface area contributed by atoms with Crippen LogP contribution in [-0.4, -0.2) is 17.2 Å². The quantitative estimate of drug-likeness (QED) is 0.680. The Morgan fingerprint density at radius 1 is 1.04 bits per heavy atom. The van der Waals surface area contributed by atoms with Crippen molar-refractivity contribution < 1.29 is 4.74 Å². The van der Waals surface area contributed by atoms with E-state index in [1.165, 1.54) is 10.5 Å². The molecule has 0 saturated heterocycles. The van der Waals surface area contributed by atoms with Gasteiger partial charge in [-0.25, -0.2) is 0 Å². The zero-order valence-corrected chi connectivity index (χ0v) is 17.1. The monoisotopic (exact) mass is 380 g/mol. The molecule has 27 heavy (non-hydrogen) atoms. The van der Waals surface area contributed by atoms with E-state index in [-0.39, 0.29) is 6.04 Å². The minimum absolute atomic E-state index is 0.281. The molecule has 1 aliphatic rings. The van der Waals surface area contributed by atoms with E-state index in [0.29, 0.717) is 13.2 Å². The van der Waals surface area contributed by atoms with E-state index in [0.717, 1.165) is 29.0 Å². The van der Waals surface area contributed by atoms with Gasteiger partial charge in [-0.2, -0.15) is 0 Å². The van der Waals surface area contributed by atoms with E-state index < -0.39 is 0 Å². The summed E-state index contributed by atoms with van der Waals surface area (Å²) >= 11 is 1.80. The van der Waals surface area contributed by atoms with Gasteiger partial charge in [-0.05, 0) is 48.9 Å². The largest absolute Gasteiger partial charge is 0.489 e. The Hall–Kier alpha value is -2.17. The number of thioether (sulfide) groups is 1. The zero-order valence-electron chi connectivity index (χ0n) is 16.3.